The van der Waals surface area contributed by atoms with Gasteiger partial charge in [-0.2, -0.15) is 0 Å². The molecule has 1 aliphatic carbocycles. The third-order valence-electron chi connectivity index (χ3n) is 3.66. The molecule has 0 aromatic carbocycles. The van der Waals surface area contributed by atoms with E-state index in [4.69, 9.17) is 4.74 Å². The number of carbonyl (C=O) groups excluding carboxylic acids is 2. The molecule has 1 aliphatic heterocycles. The summed E-state index contributed by atoms with van der Waals surface area (Å²) in [5.74, 6) is 0.0363. The van der Waals surface area contributed by atoms with Crippen LogP contribution >= 0.6 is 27.3 Å². The normalized spacial score (nSPS) is 23.0. The van der Waals surface area contributed by atoms with E-state index in [1.54, 1.807) is 0 Å². The maximum absolute atomic E-state index is 12.3. The Kier molecular flexibility index (Phi) is 4.73. The Labute approximate surface area is 135 Å². The van der Waals surface area contributed by atoms with Crippen LogP contribution in [0.4, 0.5) is 0 Å². The Morgan fingerprint density at radius 1 is 1.43 bits per heavy atom. The zero-order chi connectivity index (χ0) is 14.8. The number of ketones is 1. The van der Waals surface area contributed by atoms with Crippen LogP contribution in [0.5, 0.6) is 0 Å². The second-order valence-corrected chi connectivity index (χ2v) is 7.83. The van der Waals surface area contributed by atoms with Crippen LogP contribution < -0.4 is 5.32 Å². The number of carbonyl (C=O) groups is 2. The highest BCUT2D eigenvalue weighted by Crippen LogP contribution is 2.23. The largest absolute Gasteiger partial charge is 0.378 e. The smallest absolute Gasteiger partial charge is 0.239 e. The molecular weight excluding hydrogens is 356 g/mol. The molecule has 1 aromatic rings. The molecule has 7 heteroatoms. The number of halogens is 1. The van der Waals surface area contributed by atoms with Crippen LogP contribution in [-0.4, -0.2) is 55.0 Å². The first-order valence-electron chi connectivity index (χ1n) is 7.04. The van der Waals surface area contributed by atoms with Gasteiger partial charge in [-0.05, 0) is 40.9 Å². The van der Waals surface area contributed by atoms with E-state index in [0.717, 1.165) is 21.5 Å². The third kappa shape index (κ3) is 3.91. The minimum atomic E-state index is -0.355. The minimum absolute atomic E-state index is 0.0163. The Hall–Kier alpha value is -0.760. The predicted molar refractivity (Wildman–Crippen MR) is 83.7 cm³/mol. The van der Waals surface area contributed by atoms with E-state index >= 15 is 0 Å². The number of nitrogens with zero attached hydrogens (tertiary/aromatic N) is 1. The summed E-state index contributed by atoms with van der Waals surface area (Å²) in [6, 6.07) is 3.66. The lowest BCUT2D eigenvalue weighted by molar-refractivity contribution is -0.132. The van der Waals surface area contributed by atoms with Crippen molar-refractivity contribution in [2.24, 2.45) is 0 Å². The number of thiophene rings is 1. The van der Waals surface area contributed by atoms with E-state index in [0.29, 0.717) is 25.8 Å². The lowest BCUT2D eigenvalue weighted by atomic mass is 10.2. The topological polar surface area (TPSA) is 58.6 Å². The lowest BCUT2D eigenvalue weighted by Gasteiger charge is -2.33. The van der Waals surface area contributed by atoms with Crippen molar-refractivity contribution in [2.75, 3.05) is 26.3 Å². The first kappa shape index (κ1) is 15.1. The molecule has 2 fully saturated rings. The van der Waals surface area contributed by atoms with Crippen molar-refractivity contribution >= 4 is 39.0 Å². The quantitative estimate of drug-likeness (QED) is 0.798. The minimum Gasteiger partial charge on any atom is -0.378 e. The number of amides is 1. The molecule has 1 atom stereocenters. The monoisotopic (exact) mass is 372 g/mol. The van der Waals surface area contributed by atoms with Crippen molar-refractivity contribution in [3.63, 3.8) is 0 Å². The highest BCUT2D eigenvalue weighted by molar-refractivity contribution is 9.11. The Morgan fingerprint density at radius 2 is 2.24 bits per heavy atom. The van der Waals surface area contributed by atoms with Gasteiger partial charge >= 0.3 is 0 Å². The summed E-state index contributed by atoms with van der Waals surface area (Å²) in [6.07, 6.45) is 2.11. The van der Waals surface area contributed by atoms with Gasteiger partial charge in [0.1, 0.15) is 6.04 Å². The fraction of sp³-hybridized carbons (Fsp3) is 0.571. The van der Waals surface area contributed by atoms with Gasteiger partial charge in [0.2, 0.25) is 5.91 Å². The summed E-state index contributed by atoms with van der Waals surface area (Å²) >= 11 is 4.79. The van der Waals surface area contributed by atoms with Gasteiger partial charge in [0, 0.05) is 12.6 Å². The van der Waals surface area contributed by atoms with Gasteiger partial charge in [-0.3, -0.25) is 14.5 Å². The average molecular weight is 373 g/mol. The van der Waals surface area contributed by atoms with E-state index in [2.05, 4.69) is 21.2 Å². The van der Waals surface area contributed by atoms with Crippen LogP contribution in [-0.2, 0) is 9.53 Å². The summed E-state index contributed by atoms with van der Waals surface area (Å²) in [5.41, 5.74) is 0. The fourth-order valence-corrected chi connectivity index (χ4v) is 3.64. The molecule has 1 aromatic heterocycles. The Bertz CT molecular complexity index is 544. The molecular formula is C14H17BrN2O3S. The first-order valence-corrected chi connectivity index (χ1v) is 8.65. The Balaban J connectivity index is 1.63. The van der Waals surface area contributed by atoms with Crippen LogP contribution in [0.1, 0.15) is 22.5 Å². The number of ether oxygens (including phenoxy) is 1. The molecule has 0 bridgehead atoms. The summed E-state index contributed by atoms with van der Waals surface area (Å²) in [5, 5.41) is 2.99. The molecule has 3 rings (SSSR count). The molecule has 2 heterocycles. The molecule has 2 aliphatic rings. The summed E-state index contributed by atoms with van der Waals surface area (Å²) in [4.78, 5) is 27.2. The van der Waals surface area contributed by atoms with Crippen LogP contribution in [0.15, 0.2) is 15.9 Å². The maximum atomic E-state index is 12.3. The highest BCUT2D eigenvalue weighted by atomic mass is 79.9. The number of morpholine rings is 1. The molecule has 1 saturated carbocycles. The van der Waals surface area contributed by atoms with Gasteiger partial charge in [0.25, 0.3) is 0 Å². The zero-order valence-corrected chi connectivity index (χ0v) is 13.9. The van der Waals surface area contributed by atoms with Gasteiger partial charge in [0.15, 0.2) is 5.78 Å². The van der Waals surface area contributed by atoms with Gasteiger partial charge in [0.05, 0.1) is 28.4 Å². The molecule has 114 valence electrons. The summed E-state index contributed by atoms with van der Waals surface area (Å²) in [6.45, 7) is 1.80. The molecule has 1 N–H and O–H groups in total. The molecule has 0 spiro atoms. The summed E-state index contributed by atoms with van der Waals surface area (Å²) < 4.78 is 6.35. The van der Waals surface area contributed by atoms with Gasteiger partial charge in [-0.1, -0.05) is 0 Å². The number of rotatable bonds is 5. The summed E-state index contributed by atoms with van der Waals surface area (Å²) in [7, 11) is 0. The fourth-order valence-electron chi connectivity index (χ4n) is 2.32. The van der Waals surface area contributed by atoms with Gasteiger partial charge in [-0.15, -0.1) is 11.3 Å². The third-order valence-corrected chi connectivity index (χ3v) is 5.33. The van der Waals surface area contributed by atoms with Crippen LogP contribution in [0.2, 0.25) is 0 Å². The van der Waals surface area contributed by atoms with Crippen LogP contribution in [0, 0.1) is 0 Å². The van der Waals surface area contributed by atoms with Crippen LogP contribution in [0.25, 0.3) is 0 Å². The number of hydrogen-bond acceptors (Lipinski definition) is 5. The standard InChI is InChI=1S/C14H17BrN2O3S/c15-13-4-3-12(21-13)11(18)7-17-5-6-20-8-10(17)14(19)16-9-1-2-9/h3-4,9-10H,1-2,5-8H2,(H,16,19). The number of hydrogen-bond donors (Lipinski definition) is 1. The van der Waals surface area contributed by atoms with E-state index in [9.17, 15) is 9.59 Å². The molecule has 1 saturated heterocycles. The molecule has 5 nitrogen and oxygen atoms in total. The molecule has 1 amide bonds. The lowest BCUT2D eigenvalue weighted by Crippen LogP contribution is -2.55. The van der Waals surface area contributed by atoms with Gasteiger partial charge < -0.3 is 10.1 Å². The first-order chi connectivity index (χ1) is 10.1. The van der Waals surface area contributed by atoms with E-state index in [-0.39, 0.29) is 24.3 Å². The van der Waals surface area contributed by atoms with E-state index in [1.165, 1.54) is 11.3 Å². The predicted octanol–water partition coefficient (Wildman–Crippen LogP) is 1.67. The zero-order valence-electron chi connectivity index (χ0n) is 11.5. The van der Waals surface area contributed by atoms with Crippen molar-refractivity contribution in [2.45, 2.75) is 24.9 Å². The van der Waals surface area contributed by atoms with Crippen LogP contribution in [0.3, 0.4) is 0 Å². The van der Waals surface area contributed by atoms with E-state index in [1.807, 2.05) is 17.0 Å². The average Bonchev–Trinajstić information content (AvgIpc) is 3.17. The second kappa shape index (κ2) is 6.56. The van der Waals surface area contributed by atoms with E-state index < -0.39 is 0 Å². The second-order valence-electron chi connectivity index (χ2n) is 5.37. The number of Topliss-reactive ketones (excluding diaryl/α,β-unsaturated/α-hetero) is 1. The SMILES string of the molecule is O=C(CN1CCOCC1C(=O)NC1CC1)c1ccc(Br)s1. The molecule has 21 heavy (non-hydrogen) atoms. The van der Waals surface area contributed by atoms with Gasteiger partial charge in [-0.25, -0.2) is 0 Å². The van der Waals surface area contributed by atoms with Crippen molar-refractivity contribution in [3.8, 4) is 0 Å². The highest BCUT2D eigenvalue weighted by Gasteiger charge is 2.34. The van der Waals surface area contributed by atoms with Crippen molar-refractivity contribution in [1.82, 2.24) is 10.2 Å². The number of nitrogens with one attached hydrogen (secondary N) is 1. The van der Waals surface area contributed by atoms with Crippen molar-refractivity contribution in [3.05, 3.63) is 20.8 Å². The van der Waals surface area contributed by atoms with Crippen molar-refractivity contribution < 1.29 is 14.3 Å². The Morgan fingerprint density at radius 3 is 2.90 bits per heavy atom. The van der Waals surface area contributed by atoms with Crippen molar-refractivity contribution in [1.29, 1.82) is 0 Å². The maximum Gasteiger partial charge on any atom is 0.239 e. The molecule has 1 unspecified atom stereocenters. The molecule has 0 radical (unpaired) electrons.